The summed E-state index contributed by atoms with van der Waals surface area (Å²) >= 11 is 1.10. The molecular weight excluding hydrogens is 327 g/mol. The minimum Gasteiger partial charge on any atom is -0.216 e. The van der Waals surface area contributed by atoms with Crippen molar-refractivity contribution in [1.82, 2.24) is 19.6 Å². The summed E-state index contributed by atoms with van der Waals surface area (Å²) in [6.07, 6.45) is -3.26. The summed E-state index contributed by atoms with van der Waals surface area (Å²) in [5.74, 6) is 0.372. The number of hydrogen-bond donors (Lipinski definition) is 0. The van der Waals surface area contributed by atoms with E-state index in [0.29, 0.717) is 21.4 Å². The van der Waals surface area contributed by atoms with Gasteiger partial charge >= 0.3 is 6.18 Å². The molecular formula is C14H8F3N5S. The van der Waals surface area contributed by atoms with Gasteiger partial charge in [-0.25, -0.2) is 4.98 Å². The summed E-state index contributed by atoms with van der Waals surface area (Å²) < 4.78 is 40.5. The molecule has 0 radical (unpaired) electrons. The Bertz CT molecular complexity index is 926. The van der Waals surface area contributed by atoms with Crippen LogP contribution in [0.15, 0.2) is 40.5 Å². The quantitative estimate of drug-likeness (QED) is 0.671. The Morgan fingerprint density at radius 2 is 2.04 bits per heavy atom. The molecule has 5 nitrogen and oxygen atoms in total. The summed E-state index contributed by atoms with van der Waals surface area (Å²) in [5, 5.41) is 13.4. The highest BCUT2D eigenvalue weighted by Gasteiger charge is 2.33. The molecule has 0 spiro atoms. The van der Waals surface area contributed by atoms with Gasteiger partial charge in [0.15, 0.2) is 0 Å². The van der Waals surface area contributed by atoms with E-state index in [1.54, 1.807) is 19.1 Å². The average molecular weight is 335 g/mol. The van der Waals surface area contributed by atoms with Gasteiger partial charge in [0.25, 0.3) is 5.78 Å². The number of halogens is 3. The molecule has 0 aliphatic carbocycles. The second-order valence-corrected chi connectivity index (χ2v) is 5.72. The molecule has 0 aliphatic rings. The lowest BCUT2D eigenvalue weighted by Gasteiger charge is -2.11. The first kappa shape index (κ1) is 15.3. The number of benzene rings is 1. The second kappa shape index (κ2) is 5.55. The van der Waals surface area contributed by atoms with E-state index in [-0.39, 0.29) is 0 Å². The standard InChI is InChI=1S/C14H8F3N5S/c1-8-4-12(22-13(21-8)19-7-20-22)23-10-3-2-9(6-18)11(5-10)14(15,16)17/h2-5,7H,1H3. The Morgan fingerprint density at radius 3 is 2.74 bits per heavy atom. The van der Waals surface area contributed by atoms with Gasteiger partial charge in [-0.15, -0.1) is 0 Å². The molecule has 0 saturated heterocycles. The predicted octanol–water partition coefficient (Wildman–Crippen LogP) is 3.47. The van der Waals surface area contributed by atoms with Gasteiger partial charge in [0, 0.05) is 10.6 Å². The van der Waals surface area contributed by atoms with Gasteiger partial charge in [-0.2, -0.15) is 33.0 Å². The van der Waals surface area contributed by atoms with Crippen LogP contribution in [0.2, 0.25) is 0 Å². The molecule has 3 rings (SSSR count). The molecule has 0 unspecified atom stereocenters. The highest BCUT2D eigenvalue weighted by Crippen LogP contribution is 2.36. The van der Waals surface area contributed by atoms with Gasteiger partial charge in [0.05, 0.1) is 17.2 Å². The van der Waals surface area contributed by atoms with E-state index in [9.17, 15) is 13.2 Å². The number of aromatic nitrogens is 4. The van der Waals surface area contributed by atoms with Crippen molar-refractivity contribution in [3.05, 3.63) is 47.4 Å². The number of aryl methyl sites for hydroxylation is 1. The van der Waals surface area contributed by atoms with E-state index in [1.165, 1.54) is 16.9 Å². The van der Waals surface area contributed by atoms with Crippen LogP contribution in [0.1, 0.15) is 16.8 Å². The monoisotopic (exact) mass is 335 g/mol. The fourth-order valence-electron chi connectivity index (χ4n) is 2.01. The maximum atomic E-state index is 13.0. The molecule has 0 saturated carbocycles. The Morgan fingerprint density at radius 1 is 1.26 bits per heavy atom. The van der Waals surface area contributed by atoms with Crippen molar-refractivity contribution in [2.24, 2.45) is 0 Å². The smallest absolute Gasteiger partial charge is 0.216 e. The Hall–Kier alpha value is -2.60. The zero-order valence-corrected chi connectivity index (χ0v) is 12.5. The molecule has 2 aromatic heterocycles. The van der Waals surface area contributed by atoms with Crippen molar-refractivity contribution in [3.63, 3.8) is 0 Å². The van der Waals surface area contributed by atoms with Crippen LogP contribution in [-0.2, 0) is 6.18 Å². The number of alkyl halides is 3. The first-order chi connectivity index (χ1) is 10.9. The van der Waals surface area contributed by atoms with Crippen molar-refractivity contribution in [2.45, 2.75) is 23.0 Å². The SMILES string of the molecule is Cc1cc(Sc2ccc(C#N)c(C(F)(F)F)c2)n2ncnc2n1. The lowest BCUT2D eigenvalue weighted by atomic mass is 10.1. The van der Waals surface area contributed by atoms with Crippen LogP contribution >= 0.6 is 11.8 Å². The second-order valence-electron chi connectivity index (χ2n) is 4.63. The van der Waals surface area contributed by atoms with Crippen LogP contribution in [-0.4, -0.2) is 19.6 Å². The Kier molecular flexibility index (Phi) is 3.69. The molecule has 0 fully saturated rings. The zero-order chi connectivity index (χ0) is 16.6. The minimum absolute atomic E-state index is 0.346. The number of nitrogens with zero attached hydrogens (tertiary/aromatic N) is 5. The third-order valence-electron chi connectivity index (χ3n) is 2.99. The number of hydrogen-bond acceptors (Lipinski definition) is 5. The highest BCUT2D eigenvalue weighted by atomic mass is 32.2. The van der Waals surface area contributed by atoms with Gasteiger partial charge < -0.3 is 0 Å². The van der Waals surface area contributed by atoms with Crippen molar-refractivity contribution < 1.29 is 13.2 Å². The van der Waals surface area contributed by atoms with Gasteiger partial charge in [-0.1, -0.05) is 11.8 Å². The van der Waals surface area contributed by atoms with E-state index < -0.39 is 17.3 Å². The van der Waals surface area contributed by atoms with Gasteiger partial charge in [0.1, 0.15) is 11.4 Å². The van der Waals surface area contributed by atoms with Crippen LogP contribution in [0.25, 0.3) is 5.78 Å². The normalized spacial score (nSPS) is 11.6. The average Bonchev–Trinajstić information content (AvgIpc) is 2.94. The summed E-state index contributed by atoms with van der Waals surface area (Å²) in [6.45, 7) is 1.76. The lowest BCUT2D eigenvalue weighted by Crippen LogP contribution is -2.08. The molecule has 1 aromatic carbocycles. The topological polar surface area (TPSA) is 66.9 Å². The molecule has 116 valence electrons. The van der Waals surface area contributed by atoms with Crippen LogP contribution in [0, 0.1) is 18.3 Å². The van der Waals surface area contributed by atoms with Crippen molar-refractivity contribution in [3.8, 4) is 6.07 Å². The van der Waals surface area contributed by atoms with E-state index in [2.05, 4.69) is 15.1 Å². The number of nitriles is 1. The molecule has 2 heterocycles. The molecule has 0 N–H and O–H groups in total. The molecule has 9 heteroatoms. The van der Waals surface area contributed by atoms with Crippen LogP contribution < -0.4 is 0 Å². The highest BCUT2D eigenvalue weighted by molar-refractivity contribution is 7.99. The molecule has 3 aromatic rings. The van der Waals surface area contributed by atoms with Crippen molar-refractivity contribution in [1.29, 1.82) is 5.26 Å². The first-order valence-electron chi connectivity index (χ1n) is 6.35. The predicted molar refractivity (Wildman–Crippen MR) is 75.8 cm³/mol. The first-order valence-corrected chi connectivity index (χ1v) is 7.17. The third-order valence-corrected chi connectivity index (χ3v) is 3.98. The molecule has 0 atom stereocenters. The summed E-state index contributed by atoms with van der Waals surface area (Å²) in [7, 11) is 0. The van der Waals surface area contributed by atoms with Crippen molar-refractivity contribution in [2.75, 3.05) is 0 Å². The maximum absolute atomic E-state index is 13.0. The molecule has 0 aliphatic heterocycles. The number of rotatable bonds is 2. The zero-order valence-electron chi connectivity index (χ0n) is 11.7. The Labute approximate surface area is 132 Å². The fraction of sp³-hybridized carbons (Fsp3) is 0.143. The molecule has 0 bridgehead atoms. The summed E-state index contributed by atoms with van der Waals surface area (Å²) in [5.41, 5.74) is -0.679. The number of fused-ring (bicyclic) bond motifs is 1. The van der Waals surface area contributed by atoms with Gasteiger partial charge in [0.2, 0.25) is 0 Å². The Balaban J connectivity index is 2.06. The van der Waals surface area contributed by atoms with Crippen molar-refractivity contribution >= 4 is 17.5 Å². The fourth-order valence-corrected chi connectivity index (χ4v) is 3.01. The summed E-state index contributed by atoms with van der Waals surface area (Å²) in [4.78, 5) is 8.49. The van der Waals surface area contributed by atoms with Gasteiger partial charge in [-0.05, 0) is 31.2 Å². The van der Waals surface area contributed by atoms with Crippen LogP contribution in [0.5, 0.6) is 0 Å². The van der Waals surface area contributed by atoms with E-state index in [1.807, 2.05) is 0 Å². The maximum Gasteiger partial charge on any atom is 0.417 e. The van der Waals surface area contributed by atoms with Crippen LogP contribution in [0.3, 0.4) is 0 Å². The summed E-state index contributed by atoms with van der Waals surface area (Å²) in [6, 6.07) is 6.86. The molecule has 0 amide bonds. The van der Waals surface area contributed by atoms with Crippen LogP contribution in [0.4, 0.5) is 13.2 Å². The molecule has 23 heavy (non-hydrogen) atoms. The third kappa shape index (κ3) is 2.98. The van der Waals surface area contributed by atoms with E-state index in [0.717, 1.165) is 23.9 Å². The lowest BCUT2D eigenvalue weighted by molar-refractivity contribution is -0.137. The largest absolute Gasteiger partial charge is 0.417 e. The van der Waals surface area contributed by atoms with E-state index >= 15 is 0 Å². The van der Waals surface area contributed by atoms with Gasteiger partial charge in [-0.3, -0.25) is 0 Å². The van der Waals surface area contributed by atoms with E-state index in [4.69, 9.17) is 5.26 Å². The minimum atomic E-state index is -4.58.